The van der Waals surface area contributed by atoms with E-state index in [4.69, 9.17) is 22.1 Å². The summed E-state index contributed by atoms with van der Waals surface area (Å²) in [6, 6.07) is 12.7. The number of amides is 1. The quantitative estimate of drug-likeness (QED) is 0.412. The molecule has 0 saturated carbocycles. The highest BCUT2D eigenvalue weighted by Gasteiger charge is 2.22. The fourth-order valence-corrected chi connectivity index (χ4v) is 4.63. The van der Waals surface area contributed by atoms with Crippen LogP contribution >= 0.6 is 11.6 Å². The van der Waals surface area contributed by atoms with Crippen LogP contribution in [0.3, 0.4) is 0 Å². The smallest absolute Gasteiger partial charge is 0.269 e. The van der Waals surface area contributed by atoms with Crippen molar-refractivity contribution in [1.82, 2.24) is 13.9 Å². The SMILES string of the molecule is COc1ccc(Nc2nc(Cl)nc3c2ccn3S(=O)(=O)c2ccc(C)cc2)c(C(N)=O)c1. The molecule has 0 aliphatic heterocycles. The molecular formula is C21H18ClN5O4S. The Kier molecular flexibility index (Phi) is 5.49. The molecule has 2 aromatic heterocycles. The van der Waals surface area contributed by atoms with Crippen molar-refractivity contribution in [2.45, 2.75) is 11.8 Å². The minimum atomic E-state index is -3.93. The highest BCUT2D eigenvalue weighted by atomic mass is 35.5. The van der Waals surface area contributed by atoms with Crippen LogP contribution in [0, 0.1) is 6.92 Å². The second-order valence-electron chi connectivity index (χ2n) is 6.91. The first-order valence-corrected chi connectivity index (χ1v) is 11.1. The molecule has 1 amide bonds. The predicted molar refractivity (Wildman–Crippen MR) is 121 cm³/mol. The van der Waals surface area contributed by atoms with Gasteiger partial charge in [0.05, 0.1) is 28.6 Å². The summed E-state index contributed by atoms with van der Waals surface area (Å²) in [5, 5.41) is 3.21. The third-order valence-corrected chi connectivity index (χ3v) is 6.66. The zero-order valence-electron chi connectivity index (χ0n) is 17.0. The molecule has 4 rings (SSSR count). The fraction of sp³-hybridized carbons (Fsp3) is 0.0952. The van der Waals surface area contributed by atoms with Crippen LogP contribution in [-0.4, -0.2) is 35.4 Å². The Balaban J connectivity index is 1.84. The van der Waals surface area contributed by atoms with Gasteiger partial charge in [-0.2, -0.15) is 9.97 Å². The lowest BCUT2D eigenvalue weighted by atomic mass is 10.1. The summed E-state index contributed by atoms with van der Waals surface area (Å²) in [6.07, 6.45) is 1.37. The highest BCUT2D eigenvalue weighted by Crippen LogP contribution is 2.31. The molecule has 3 N–H and O–H groups in total. The topological polar surface area (TPSA) is 129 Å². The molecule has 164 valence electrons. The van der Waals surface area contributed by atoms with Crippen LogP contribution in [0.5, 0.6) is 5.75 Å². The van der Waals surface area contributed by atoms with Crippen LogP contribution in [0.1, 0.15) is 15.9 Å². The first-order chi connectivity index (χ1) is 15.2. The standard InChI is InChI=1S/C21H18ClN5O4S/c1-12-3-6-14(7-4-12)32(29,30)27-10-9-15-19(25-21(22)26-20(15)27)24-17-8-5-13(31-2)11-16(17)18(23)28/h3-11H,1-2H3,(H2,23,28)(H,24,25,26). The number of fused-ring (bicyclic) bond motifs is 1. The summed E-state index contributed by atoms with van der Waals surface area (Å²) in [7, 11) is -2.46. The molecule has 32 heavy (non-hydrogen) atoms. The summed E-state index contributed by atoms with van der Waals surface area (Å²) in [4.78, 5) is 20.3. The number of aromatic nitrogens is 3. The summed E-state index contributed by atoms with van der Waals surface area (Å²) in [6.45, 7) is 1.87. The Morgan fingerprint density at radius 3 is 2.50 bits per heavy atom. The Morgan fingerprint density at radius 1 is 1.12 bits per heavy atom. The van der Waals surface area contributed by atoms with Gasteiger partial charge in [0.2, 0.25) is 5.28 Å². The number of carbonyl (C=O) groups is 1. The van der Waals surface area contributed by atoms with Crippen molar-refractivity contribution in [3.8, 4) is 5.75 Å². The van der Waals surface area contributed by atoms with E-state index in [1.807, 2.05) is 6.92 Å². The van der Waals surface area contributed by atoms with Crippen molar-refractivity contribution in [2.75, 3.05) is 12.4 Å². The van der Waals surface area contributed by atoms with E-state index in [1.165, 1.54) is 31.5 Å². The number of anilines is 2. The second kappa shape index (κ2) is 8.13. The summed E-state index contributed by atoms with van der Waals surface area (Å²) < 4.78 is 32.5. The van der Waals surface area contributed by atoms with Gasteiger partial charge < -0.3 is 15.8 Å². The maximum atomic E-state index is 13.2. The molecule has 0 atom stereocenters. The van der Waals surface area contributed by atoms with E-state index < -0.39 is 15.9 Å². The maximum absolute atomic E-state index is 13.2. The highest BCUT2D eigenvalue weighted by molar-refractivity contribution is 7.90. The number of ether oxygens (including phenoxy) is 1. The fourth-order valence-electron chi connectivity index (χ4n) is 3.17. The molecule has 0 saturated heterocycles. The molecule has 0 aliphatic carbocycles. The number of rotatable bonds is 6. The Bertz CT molecular complexity index is 1450. The van der Waals surface area contributed by atoms with Crippen LogP contribution in [0.4, 0.5) is 11.5 Å². The first-order valence-electron chi connectivity index (χ1n) is 9.32. The Labute approximate surface area is 188 Å². The largest absolute Gasteiger partial charge is 0.497 e. The molecular weight excluding hydrogens is 454 g/mol. The monoisotopic (exact) mass is 471 g/mol. The number of hydrogen-bond acceptors (Lipinski definition) is 7. The van der Waals surface area contributed by atoms with E-state index in [1.54, 1.807) is 30.3 Å². The van der Waals surface area contributed by atoms with Crippen LogP contribution < -0.4 is 15.8 Å². The zero-order chi connectivity index (χ0) is 23.0. The molecule has 2 heterocycles. The van der Waals surface area contributed by atoms with E-state index in [0.717, 1.165) is 9.54 Å². The molecule has 0 unspecified atom stereocenters. The molecule has 4 aromatic rings. The van der Waals surface area contributed by atoms with Crippen molar-refractivity contribution < 1.29 is 17.9 Å². The lowest BCUT2D eigenvalue weighted by Gasteiger charge is -2.12. The summed E-state index contributed by atoms with van der Waals surface area (Å²) in [5.74, 6) is -0.0154. The van der Waals surface area contributed by atoms with Crippen molar-refractivity contribution in [2.24, 2.45) is 5.73 Å². The van der Waals surface area contributed by atoms with Crippen LogP contribution in [-0.2, 0) is 10.0 Å². The van der Waals surface area contributed by atoms with Crippen LogP contribution in [0.2, 0.25) is 5.28 Å². The number of nitrogens with two attached hydrogens (primary N) is 1. The molecule has 0 spiro atoms. The van der Waals surface area contributed by atoms with Gasteiger partial charge in [-0.25, -0.2) is 12.4 Å². The zero-order valence-corrected chi connectivity index (χ0v) is 18.6. The number of aryl methyl sites for hydroxylation is 1. The minimum Gasteiger partial charge on any atom is -0.497 e. The van der Waals surface area contributed by atoms with Gasteiger partial charge in [0.15, 0.2) is 5.65 Å². The van der Waals surface area contributed by atoms with Gasteiger partial charge in [-0.15, -0.1) is 0 Å². The van der Waals surface area contributed by atoms with Crippen molar-refractivity contribution in [3.63, 3.8) is 0 Å². The third kappa shape index (κ3) is 3.85. The first kappa shape index (κ1) is 21.6. The summed E-state index contributed by atoms with van der Waals surface area (Å²) >= 11 is 6.10. The van der Waals surface area contributed by atoms with E-state index in [0.29, 0.717) is 16.8 Å². The van der Waals surface area contributed by atoms with Crippen molar-refractivity contribution >= 4 is 50.1 Å². The predicted octanol–water partition coefficient (Wildman–Crippen LogP) is 3.48. The van der Waals surface area contributed by atoms with Gasteiger partial charge in [0.25, 0.3) is 15.9 Å². The van der Waals surface area contributed by atoms with Gasteiger partial charge in [0, 0.05) is 6.20 Å². The average molecular weight is 472 g/mol. The number of primary amides is 1. The van der Waals surface area contributed by atoms with Gasteiger partial charge in [-0.3, -0.25) is 4.79 Å². The number of halogens is 1. The number of nitrogens with zero attached hydrogens (tertiary/aromatic N) is 3. The van der Waals surface area contributed by atoms with Crippen LogP contribution in [0.25, 0.3) is 11.0 Å². The van der Waals surface area contributed by atoms with Crippen LogP contribution in [0.15, 0.2) is 59.6 Å². The van der Waals surface area contributed by atoms with E-state index >= 15 is 0 Å². The molecule has 2 aromatic carbocycles. The second-order valence-corrected chi connectivity index (χ2v) is 9.06. The number of benzene rings is 2. The number of methoxy groups -OCH3 is 1. The lowest BCUT2D eigenvalue weighted by Crippen LogP contribution is -2.14. The van der Waals surface area contributed by atoms with E-state index in [-0.39, 0.29) is 27.2 Å². The Morgan fingerprint density at radius 2 is 1.84 bits per heavy atom. The van der Waals surface area contributed by atoms with Gasteiger partial charge in [0.1, 0.15) is 11.6 Å². The van der Waals surface area contributed by atoms with Gasteiger partial charge >= 0.3 is 0 Å². The molecule has 9 nitrogen and oxygen atoms in total. The Hall–Kier alpha value is -3.63. The van der Waals surface area contributed by atoms with Crippen molar-refractivity contribution in [3.05, 3.63) is 71.1 Å². The maximum Gasteiger partial charge on any atom is 0.269 e. The molecule has 0 radical (unpaired) electrons. The molecule has 0 fully saturated rings. The van der Waals surface area contributed by atoms with E-state index in [2.05, 4.69) is 15.3 Å². The average Bonchev–Trinajstić information content (AvgIpc) is 3.19. The number of hydrogen-bond donors (Lipinski definition) is 2. The normalized spacial score (nSPS) is 11.5. The number of carbonyl (C=O) groups excluding carboxylic acids is 1. The number of nitrogens with one attached hydrogen (secondary N) is 1. The third-order valence-electron chi connectivity index (χ3n) is 4.81. The molecule has 11 heteroatoms. The van der Waals surface area contributed by atoms with Crippen molar-refractivity contribution in [1.29, 1.82) is 0 Å². The molecule has 0 aliphatic rings. The van der Waals surface area contributed by atoms with Gasteiger partial charge in [-0.1, -0.05) is 17.7 Å². The summed E-state index contributed by atoms with van der Waals surface area (Å²) in [5.41, 5.74) is 7.03. The minimum absolute atomic E-state index is 0.0854. The van der Waals surface area contributed by atoms with Gasteiger partial charge in [-0.05, 0) is 54.9 Å². The van der Waals surface area contributed by atoms with E-state index in [9.17, 15) is 13.2 Å². The lowest BCUT2D eigenvalue weighted by molar-refractivity contribution is 0.100. The molecule has 0 bridgehead atoms.